The summed E-state index contributed by atoms with van der Waals surface area (Å²) in [7, 11) is 4.25. The van der Waals surface area contributed by atoms with E-state index in [2.05, 4.69) is 78.7 Å². The maximum atomic E-state index is 7.55. The highest BCUT2D eigenvalue weighted by Crippen LogP contribution is 2.50. The van der Waals surface area contributed by atoms with Gasteiger partial charge in [-0.2, -0.15) is 0 Å². The average Bonchev–Trinajstić information content (AvgIpc) is 2.75. The first-order valence-electron chi connectivity index (χ1n) is 10.7. The number of benzene rings is 3. The van der Waals surface area contributed by atoms with Crippen LogP contribution in [0.25, 0.3) is 37.8 Å². The maximum absolute atomic E-state index is 7.55. The Morgan fingerprint density at radius 2 is 1.77 bits per heavy atom. The summed E-state index contributed by atoms with van der Waals surface area (Å²) in [5.41, 5.74) is 9.23. The molecule has 2 heterocycles. The number of aryl methyl sites for hydroxylation is 3. The minimum Gasteiger partial charge on any atom is -0.343 e. The van der Waals surface area contributed by atoms with Gasteiger partial charge in [-0.3, -0.25) is 0 Å². The van der Waals surface area contributed by atoms with Gasteiger partial charge in [-0.1, -0.05) is 24.3 Å². The molecule has 0 spiro atoms. The van der Waals surface area contributed by atoms with Crippen LogP contribution in [0.2, 0.25) is 0 Å². The Bertz CT molecular complexity index is 1440. The molecule has 1 aromatic heterocycles. The lowest BCUT2D eigenvalue weighted by Gasteiger charge is -2.32. The zero-order valence-electron chi connectivity index (χ0n) is 19.0. The predicted octanol–water partition coefficient (Wildman–Crippen LogP) is 5.82. The van der Waals surface area contributed by atoms with Crippen LogP contribution in [-0.2, 0) is 13.5 Å². The number of fused-ring (bicyclic) bond motifs is 3. The Morgan fingerprint density at radius 3 is 2.45 bits per heavy atom. The fourth-order valence-electron chi connectivity index (χ4n) is 5.20. The topological polar surface area (TPSA) is 24.4 Å². The fraction of sp³-hybridized carbons (Fsp3) is 0.296. The molecule has 1 aliphatic rings. The summed E-state index contributed by atoms with van der Waals surface area (Å²) in [6, 6.07) is 13.1. The first kappa shape index (κ1) is 19.5. The molecule has 5 rings (SSSR count). The zero-order chi connectivity index (χ0) is 22.1. The van der Waals surface area contributed by atoms with E-state index in [9.17, 15) is 0 Å². The van der Waals surface area contributed by atoms with E-state index < -0.39 is 5.54 Å². The molecule has 154 valence electrons. The molecule has 0 aliphatic carbocycles. The highest BCUT2D eigenvalue weighted by atomic mass is 15.1. The van der Waals surface area contributed by atoms with E-state index in [1.807, 2.05) is 20.2 Å². The van der Waals surface area contributed by atoms with Gasteiger partial charge in [0.1, 0.15) is 5.69 Å². The Morgan fingerprint density at radius 1 is 1.10 bits per heavy atom. The van der Waals surface area contributed by atoms with Crippen LogP contribution in [0.3, 0.4) is 0 Å². The lowest BCUT2D eigenvalue weighted by Crippen LogP contribution is -2.34. The third-order valence-corrected chi connectivity index (χ3v) is 6.69. The van der Waals surface area contributed by atoms with Crippen molar-refractivity contribution < 1.29 is 4.57 Å². The molecule has 0 N–H and O–H groups in total. The summed E-state index contributed by atoms with van der Waals surface area (Å²) in [5, 5.41) is 3.78. The molecular formula is C27H27N4+. The van der Waals surface area contributed by atoms with Crippen molar-refractivity contribution in [1.82, 2.24) is 4.98 Å². The number of anilines is 2. The molecule has 0 saturated carbocycles. The molecule has 3 aromatic carbocycles. The molecule has 0 bridgehead atoms. The second-order valence-corrected chi connectivity index (χ2v) is 9.39. The van der Waals surface area contributed by atoms with Gasteiger partial charge in [0.05, 0.1) is 30.2 Å². The van der Waals surface area contributed by atoms with Crippen molar-refractivity contribution in [3.8, 4) is 11.3 Å². The summed E-state index contributed by atoms with van der Waals surface area (Å²) in [6.45, 7) is 16.0. The number of hydrogen-bond acceptors (Lipinski definition) is 2. The van der Waals surface area contributed by atoms with Gasteiger partial charge in [0, 0.05) is 26.5 Å². The normalized spacial score (nSPS) is 12.9. The van der Waals surface area contributed by atoms with Crippen LogP contribution in [-0.4, -0.2) is 17.6 Å². The van der Waals surface area contributed by atoms with E-state index in [0.717, 1.165) is 16.8 Å². The molecule has 0 saturated heterocycles. The molecule has 0 atom stereocenters. The van der Waals surface area contributed by atoms with Gasteiger partial charge in [0.2, 0.25) is 5.54 Å². The molecule has 31 heavy (non-hydrogen) atoms. The SMILES string of the molecule is [C-]#[N+]C(C)(C)Cc1cc2c3c([n+](C)cnc3c1)-c1c(c(C)c3ccccc3c1C)N2C. The van der Waals surface area contributed by atoms with Crippen molar-refractivity contribution in [3.05, 3.63) is 70.8 Å². The summed E-state index contributed by atoms with van der Waals surface area (Å²) < 4.78 is 2.15. The van der Waals surface area contributed by atoms with Gasteiger partial charge in [-0.05, 0) is 58.4 Å². The van der Waals surface area contributed by atoms with Crippen molar-refractivity contribution in [2.75, 3.05) is 11.9 Å². The van der Waals surface area contributed by atoms with E-state index in [1.54, 1.807) is 0 Å². The molecule has 4 nitrogen and oxygen atoms in total. The summed E-state index contributed by atoms with van der Waals surface area (Å²) in [5.74, 6) is 0. The minimum atomic E-state index is -0.434. The van der Waals surface area contributed by atoms with Gasteiger partial charge in [-0.25, -0.2) is 11.1 Å². The number of rotatable bonds is 2. The lowest BCUT2D eigenvalue weighted by molar-refractivity contribution is -0.662. The average molecular weight is 408 g/mol. The van der Waals surface area contributed by atoms with E-state index in [1.165, 1.54) is 44.2 Å². The minimum absolute atomic E-state index is 0.434. The molecule has 4 aromatic rings. The Kier molecular flexibility index (Phi) is 4.10. The van der Waals surface area contributed by atoms with Gasteiger partial charge in [0.15, 0.2) is 5.52 Å². The second kappa shape index (κ2) is 6.52. The highest BCUT2D eigenvalue weighted by Gasteiger charge is 2.33. The van der Waals surface area contributed by atoms with Crippen molar-refractivity contribution in [3.63, 3.8) is 0 Å². The smallest absolute Gasteiger partial charge is 0.287 e. The van der Waals surface area contributed by atoms with Crippen LogP contribution >= 0.6 is 0 Å². The zero-order valence-corrected chi connectivity index (χ0v) is 19.0. The van der Waals surface area contributed by atoms with Crippen molar-refractivity contribution >= 4 is 33.1 Å². The Labute approximate surface area is 183 Å². The van der Waals surface area contributed by atoms with Crippen molar-refractivity contribution in [2.24, 2.45) is 7.05 Å². The highest BCUT2D eigenvalue weighted by molar-refractivity contribution is 6.13. The first-order valence-corrected chi connectivity index (χ1v) is 10.7. The number of aromatic nitrogens is 2. The van der Waals surface area contributed by atoms with Crippen LogP contribution in [0.5, 0.6) is 0 Å². The Balaban J connectivity index is 1.91. The summed E-state index contributed by atoms with van der Waals surface area (Å²) in [4.78, 5) is 10.9. The van der Waals surface area contributed by atoms with Crippen molar-refractivity contribution in [1.29, 1.82) is 0 Å². The lowest BCUT2D eigenvalue weighted by atomic mass is 9.86. The van der Waals surface area contributed by atoms with E-state index >= 15 is 0 Å². The fourth-order valence-corrected chi connectivity index (χ4v) is 5.20. The molecule has 0 unspecified atom stereocenters. The van der Waals surface area contributed by atoms with Crippen LogP contribution in [0.15, 0.2) is 42.7 Å². The van der Waals surface area contributed by atoms with Crippen LogP contribution in [0.1, 0.15) is 30.5 Å². The van der Waals surface area contributed by atoms with Gasteiger partial charge >= 0.3 is 0 Å². The molecule has 0 amide bonds. The maximum Gasteiger partial charge on any atom is 0.287 e. The largest absolute Gasteiger partial charge is 0.343 e. The molecule has 0 fully saturated rings. The van der Waals surface area contributed by atoms with E-state index in [-0.39, 0.29) is 0 Å². The molecule has 0 radical (unpaired) electrons. The number of nitrogens with zero attached hydrogens (tertiary/aromatic N) is 4. The summed E-state index contributed by atoms with van der Waals surface area (Å²) in [6.07, 6.45) is 2.62. The summed E-state index contributed by atoms with van der Waals surface area (Å²) >= 11 is 0. The predicted molar refractivity (Wildman–Crippen MR) is 128 cm³/mol. The van der Waals surface area contributed by atoms with E-state index in [0.29, 0.717) is 6.42 Å². The van der Waals surface area contributed by atoms with Crippen LogP contribution in [0.4, 0.5) is 11.4 Å². The first-order chi connectivity index (χ1) is 14.7. The monoisotopic (exact) mass is 407 g/mol. The van der Waals surface area contributed by atoms with Gasteiger partial charge in [-0.15, -0.1) is 0 Å². The third-order valence-electron chi connectivity index (χ3n) is 6.69. The Hall–Kier alpha value is -3.45. The van der Waals surface area contributed by atoms with Gasteiger partial charge < -0.3 is 9.74 Å². The van der Waals surface area contributed by atoms with Gasteiger partial charge in [0.25, 0.3) is 6.33 Å². The standard InChI is InChI=1S/C27H27N4/c1-16-19-10-8-9-11-20(19)17(2)25-23(16)26-24-21(29-15-30(26)6)12-18(13-22(24)31(25)7)14-27(3,4)28-5/h8-13,15H,14H2,1-4,6-7H3/q+1. The second-order valence-electron chi connectivity index (χ2n) is 9.39. The third kappa shape index (κ3) is 2.73. The molecule has 4 heteroatoms. The number of hydrogen-bond donors (Lipinski definition) is 0. The molecular weight excluding hydrogens is 380 g/mol. The molecule has 1 aliphatic heterocycles. The van der Waals surface area contributed by atoms with E-state index in [4.69, 9.17) is 11.6 Å². The van der Waals surface area contributed by atoms with Crippen LogP contribution < -0.4 is 9.47 Å². The van der Waals surface area contributed by atoms with Crippen LogP contribution in [0, 0.1) is 20.4 Å². The quantitative estimate of drug-likeness (QED) is 0.309. The van der Waals surface area contributed by atoms with Crippen molar-refractivity contribution in [2.45, 2.75) is 39.7 Å².